The van der Waals surface area contributed by atoms with E-state index in [0.29, 0.717) is 20.9 Å². The van der Waals surface area contributed by atoms with Crippen molar-refractivity contribution in [3.05, 3.63) is 50.2 Å². The van der Waals surface area contributed by atoms with E-state index in [-0.39, 0.29) is 27.4 Å². The van der Waals surface area contributed by atoms with Gasteiger partial charge in [-0.15, -0.1) is 11.3 Å². The van der Waals surface area contributed by atoms with Crippen LogP contribution < -0.4 is 9.64 Å². The summed E-state index contributed by atoms with van der Waals surface area (Å²) in [6.45, 7) is 0.0157. The van der Waals surface area contributed by atoms with E-state index in [1.807, 2.05) is 0 Å². The molecule has 29 heavy (non-hydrogen) atoms. The molecule has 1 amide bonds. The Balaban J connectivity index is 1.75. The van der Waals surface area contributed by atoms with Crippen LogP contribution in [0.15, 0.2) is 24.3 Å². The molecule has 4 rings (SSSR count). The molecule has 0 radical (unpaired) electrons. The molecule has 0 fully saturated rings. The zero-order valence-corrected chi connectivity index (χ0v) is 17.4. The molecule has 1 aliphatic heterocycles. The largest absolute Gasteiger partial charge is 0.481 e. The molecule has 3 aromatic rings. The van der Waals surface area contributed by atoms with Crippen molar-refractivity contribution >= 4 is 73.9 Å². The maximum absolute atomic E-state index is 13.6. The van der Waals surface area contributed by atoms with Crippen LogP contribution in [0.2, 0.25) is 15.1 Å². The number of thiazole rings is 1. The zero-order chi connectivity index (χ0) is 20.9. The number of halogens is 4. The van der Waals surface area contributed by atoms with E-state index in [1.165, 1.54) is 28.4 Å². The highest BCUT2D eigenvalue weighted by molar-refractivity contribution is 7.19. The lowest BCUT2D eigenvalue weighted by Crippen LogP contribution is -2.46. The van der Waals surface area contributed by atoms with Gasteiger partial charge in [-0.25, -0.2) is 9.37 Å². The number of benzene rings is 2. The fraction of sp³-hybridized carbons (Fsp3) is 0.167. The van der Waals surface area contributed by atoms with Gasteiger partial charge in [0.25, 0.3) is 5.91 Å². The summed E-state index contributed by atoms with van der Waals surface area (Å²) in [5.41, 5.74) is 0.839. The van der Waals surface area contributed by atoms with Crippen molar-refractivity contribution in [2.24, 2.45) is 0 Å². The van der Waals surface area contributed by atoms with Crippen LogP contribution in [-0.4, -0.2) is 28.1 Å². The molecule has 1 unspecified atom stereocenters. The minimum absolute atomic E-state index is 0.0157. The normalized spacial score (nSPS) is 16.1. The predicted octanol–water partition coefficient (Wildman–Crippen LogP) is 5.16. The molecule has 1 aromatic heterocycles. The van der Waals surface area contributed by atoms with E-state index in [9.17, 15) is 14.0 Å². The standard InChI is InChI=1S/C18H10Cl3FN2O4S/c19-8-4-9-17(16(21)15(8)20)29-13(23-9)6-24-10-2-1-7(22)3-11(10)28-12(18(24)27)5-14(25)26/h1-4,12H,5-6H2,(H,25,26). The van der Waals surface area contributed by atoms with E-state index in [0.717, 1.165) is 6.07 Å². The number of fused-ring (bicyclic) bond motifs is 2. The number of carbonyl (C=O) groups is 2. The Bertz CT molecular complexity index is 1170. The molecule has 2 aromatic carbocycles. The average molecular weight is 476 g/mol. The smallest absolute Gasteiger partial charge is 0.307 e. The summed E-state index contributed by atoms with van der Waals surface area (Å²) in [5, 5.41) is 10.3. The Hall–Kier alpha value is -2.13. The van der Waals surface area contributed by atoms with Crippen molar-refractivity contribution in [2.75, 3.05) is 4.90 Å². The van der Waals surface area contributed by atoms with Gasteiger partial charge < -0.3 is 9.84 Å². The first-order valence-electron chi connectivity index (χ1n) is 8.17. The van der Waals surface area contributed by atoms with Crippen LogP contribution >= 0.6 is 46.1 Å². The molecule has 2 heterocycles. The lowest BCUT2D eigenvalue weighted by molar-refractivity contribution is -0.142. The summed E-state index contributed by atoms with van der Waals surface area (Å²) < 4.78 is 19.7. The Morgan fingerprint density at radius 1 is 1.28 bits per heavy atom. The van der Waals surface area contributed by atoms with Crippen LogP contribution in [0.1, 0.15) is 11.4 Å². The molecule has 0 saturated carbocycles. The maximum Gasteiger partial charge on any atom is 0.307 e. The molecule has 150 valence electrons. The van der Waals surface area contributed by atoms with Gasteiger partial charge >= 0.3 is 5.97 Å². The fourth-order valence-corrected chi connectivity index (χ4v) is 4.72. The average Bonchev–Trinajstić information content (AvgIpc) is 3.05. The molecular formula is C18H10Cl3FN2O4S. The molecule has 6 nitrogen and oxygen atoms in total. The van der Waals surface area contributed by atoms with E-state index in [2.05, 4.69) is 4.98 Å². The fourth-order valence-electron chi connectivity index (χ4n) is 2.98. The number of carbonyl (C=O) groups excluding carboxylic acids is 1. The van der Waals surface area contributed by atoms with Crippen LogP contribution in [0, 0.1) is 5.82 Å². The first-order valence-corrected chi connectivity index (χ1v) is 10.1. The van der Waals surface area contributed by atoms with Gasteiger partial charge in [0.2, 0.25) is 0 Å². The molecular weight excluding hydrogens is 466 g/mol. The monoisotopic (exact) mass is 474 g/mol. The van der Waals surface area contributed by atoms with E-state index >= 15 is 0 Å². The lowest BCUT2D eigenvalue weighted by atomic mass is 10.1. The number of hydrogen-bond acceptors (Lipinski definition) is 5. The number of nitrogens with zero attached hydrogens (tertiary/aromatic N) is 2. The third kappa shape index (κ3) is 3.73. The number of carboxylic acid groups (broad SMARTS) is 1. The Kier molecular flexibility index (Phi) is 5.29. The lowest BCUT2D eigenvalue weighted by Gasteiger charge is -2.33. The quantitative estimate of drug-likeness (QED) is 0.527. The molecule has 0 bridgehead atoms. The summed E-state index contributed by atoms with van der Waals surface area (Å²) >= 11 is 19.6. The Labute approximate surface area is 182 Å². The Morgan fingerprint density at radius 2 is 2.03 bits per heavy atom. The number of amides is 1. The number of aliphatic carboxylic acids is 1. The van der Waals surface area contributed by atoms with Gasteiger partial charge in [0.05, 0.1) is 43.9 Å². The second-order valence-electron chi connectivity index (χ2n) is 6.18. The van der Waals surface area contributed by atoms with E-state index in [1.54, 1.807) is 6.07 Å². The number of carboxylic acids is 1. The molecule has 1 aliphatic rings. The molecule has 0 saturated heterocycles. The summed E-state index contributed by atoms with van der Waals surface area (Å²) in [6, 6.07) is 5.27. The Morgan fingerprint density at radius 3 is 2.76 bits per heavy atom. The van der Waals surface area contributed by atoms with Crippen molar-refractivity contribution in [1.29, 1.82) is 0 Å². The van der Waals surface area contributed by atoms with Crippen molar-refractivity contribution < 1.29 is 23.8 Å². The third-order valence-electron chi connectivity index (χ3n) is 4.24. The molecule has 0 aliphatic carbocycles. The number of aromatic nitrogens is 1. The minimum Gasteiger partial charge on any atom is -0.481 e. The summed E-state index contributed by atoms with van der Waals surface area (Å²) in [5.74, 6) is -2.25. The van der Waals surface area contributed by atoms with Crippen molar-refractivity contribution in [3.63, 3.8) is 0 Å². The summed E-state index contributed by atoms with van der Waals surface area (Å²) in [4.78, 5) is 29.7. The van der Waals surface area contributed by atoms with E-state index < -0.39 is 30.2 Å². The molecule has 11 heteroatoms. The van der Waals surface area contributed by atoms with Gasteiger partial charge in [0.15, 0.2) is 6.10 Å². The van der Waals surface area contributed by atoms with Gasteiger partial charge in [-0.2, -0.15) is 0 Å². The van der Waals surface area contributed by atoms with Gasteiger partial charge in [-0.3, -0.25) is 14.5 Å². The predicted molar refractivity (Wildman–Crippen MR) is 109 cm³/mol. The number of anilines is 1. The second kappa shape index (κ2) is 7.60. The highest BCUT2D eigenvalue weighted by Crippen LogP contribution is 2.41. The summed E-state index contributed by atoms with van der Waals surface area (Å²) in [7, 11) is 0. The minimum atomic E-state index is -1.27. The van der Waals surface area contributed by atoms with E-state index in [4.69, 9.17) is 44.6 Å². The van der Waals surface area contributed by atoms with Crippen LogP contribution in [0.3, 0.4) is 0 Å². The number of rotatable bonds is 4. The van der Waals surface area contributed by atoms with Gasteiger partial charge in [-0.05, 0) is 18.2 Å². The second-order valence-corrected chi connectivity index (χ2v) is 8.43. The van der Waals surface area contributed by atoms with Crippen LogP contribution in [0.25, 0.3) is 10.2 Å². The zero-order valence-electron chi connectivity index (χ0n) is 14.3. The van der Waals surface area contributed by atoms with Crippen molar-refractivity contribution in [2.45, 2.75) is 19.1 Å². The van der Waals surface area contributed by atoms with Gasteiger partial charge in [-0.1, -0.05) is 34.8 Å². The van der Waals surface area contributed by atoms with Crippen LogP contribution in [0.4, 0.5) is 10.1 Å². The van der Waals surface area contributed by atoms with Crippen LogP contribution in [-0.2, 0) is 16.1 Å². The highest BCUT2D eigenvalue weighted by atomic mass is 35.5. The van der Waals surface area contributed by atoms with Crippen molar-refractivity contribution in [3.8, 4) is 5.75 Å². The highest BCUT2D eigenvalue weighted by Gasteiger charge is 2.36. The SMILES string of the molecule is O=C(O)CC1Oc2cc(F)ccc2N(Cc2nc3cc(Cl)c(Cl)c(Cl)c3s2)C1=O. The van der Waals surface area contributed by atoms with Gasteiger partial charge in [0.1, 0.15) is 16.6 Å². The topological polar surface area (TPSA) is 79.7 Å². The number of ether oxygens (including phenoxy) is 1. The third-order valence-corrected chi connectivity index (χ3v) is 6.69. The first kappa shape index (κ1) is 20.2. The van der Waals surface area contributed by atoms with Crippen LogP contribution in [0.5, 0.6) is 5.75 Å². The maximum atomic E-state index is 13.6. The molecule has 0 spiro atoms. The van der Waals surface area contributed by atoms with Crippen molar-refractivity contribution in [1.82, 2.24) is 4.98 Å². The molecule has 1 atom stereocenters. The summed E-state index contributed by atoms with van der Waals surface area (Å²) in [6.07, 6.45) is -1.83. The first-order chi connectivity index (χ1) is 13.7. The molecule has 1 N–H and O–H groups in total. The van der Waals surface area contributed by atoms with Gasteiger partial charge in [0, 0.05) is 6.07 Å². The number of hydrogen-bond donors (Lipinski definition) is 1.